The zero-order chi connectivity index (χ0) is 20.3. The third-order valence-electron chi connectivity index (χ3n) is 4.02. The number of hydrogen-bond acceptors (Lipinski definition) is 5. The maximum absolute atomic E-state index is 13.9. The second-order valence-corrected chi connectivity index (χ2v) is 7.41. The van der Waals surface area contributed by atoms with Gasteiger partial charge in [0.25, 0.3) is 0 Å². The van der Waals surface area contributed by atoms with Gasteiger partial charge in [-0.05, 0) is 25.1 Å². The maximum Gasteiger partial charge on any atom is 0.241 e. The Bertz CT molecular complexity index is 948. The molecule has 0 fully saturated rings. The number of hydrazone groups is 1. The first-order valence-electron chi connectivity index (χ1n) is 8.64. The highest BCUT2D eigenvalue weighted by molar-refractivity contribution is 8.14. The lowest BCUT2D eigenvalue weighted by Crippen LogP contribution is -2.25. The number of carbonyl (C=O) groups is 2. The summed E-state index contributed by atoms with van der Waals surface area (Å²) in [6, 6.07) is 12.0. The number of rotatable bonds is 4. The first kappa shape index (κ1) is 19.9. The van der Waals surface area contributed by atoms with E-state index in [-0.39, 0.29) is 24.2 Å². The van der Waals surface area contributed by atoms with Crippen LogP contribution >= 0.6 is 11.8 Å². The number of hydrogen-bond donors (Lipinski definition) is 1. The summed E-state index contributed by atoms with van der Waals surface area (Å²) < 4.78 is 19.8. The highest BCUT2D eigenvalue weighted by atomic mass is 32.2. The molecule has 1 unspecified atom stereocenters. The molecular weight excluding hydrogens is 381 g/mol. The van der Waals surface area contributed by atoms with E-state index in [1.165, 1.54) is 36.7 Å². The minimum absolute atomic E-state index is 0.0552. The molecule has 1 atom stereocenters. The normalized spacial score (nSPS) is 15.9. The van der Waals surface area contributed by atoms with E-state index in [1.807, 2.05) is 19.1 Å². The fraction of sp³-hybridized carbons (Fsp3) is 0.250. The van der Waals surface area contributed by atoms with Crippen LogP contribution in [0.3, 0.4) is 0 Å². The molecule has 1 aliphatic heterocycles. The van der Waals surface area contributed by atoms with Gasteiger partial charge in [-0.3, -0.25) is 9.59 Å². The minimum Gasteiger partial charge on any atom is -0.488 e. The van der Waals surface area contributed by atoms with Gasteiger partial charge >= 0.3 is 0 Å². The Kier molecular flexibility index (Phi) is 5.99. The molecule has 0 saturated carbocycles. The van der Waals surface area contributed by atoms with Gasteiger partial charge in [-0.2, -0.15) is 0 Å². The standard InChI is InChI=1S/C20H20FN3O3S/c1-12-8-9-18(27-11-15-6-4-5-7-17(15)21)16(10-12)19-24(14(3)26)23-20(28-19)22-13(2)25/h4-10,19H,11H2,1-3H3,(H,22,23,25). The Morgan fingerprint density at radius 1 is 1.25 bits per heavy atom. The topological polar surface area (TPSA) is 71.0 Å². The number of nitrogens with one attached hydrogen (secondary N) is 1. The third-order valence-corrected chi connectivity index (χ3v) is 5.11. The van der Waals surface area contributed by atoms with Crippen molar-refractivity contribution in [1.29, 1.82) is 0 Å². The van der Waals surface area contributed by atoms with Gasteiger partial charge in [-0.15, -0.1) is 5.10 Å². The fourth-order valence-electron chi connectivity index (χ4n) is 2.73. The number of amides is 2. The van der Waals surface area contributed by atoms with Crippen LogP contribution in [-0.2, 0) is 16.2 Å². The number of halogens is 1. The van der Waals surface area contributed by atoms with Crippen LogP contribution in [0, 0.1) is 12.7 Å². The smallest absolute Gasteiger partial charge is 0.241 e. The molecule has 0 aromatic heterocycles. The number of nitrogens with zero attached hydrogens (tertiary/aromatic N) is 2. The molecule has 0 saturated heterocycles. The highest BCUT2D eigenvalue weighted by Gasteiger charge is 2.34. The molecule has 1 heterocycles. The summed E-state index contributed by atoms with van der Waals surface area (Å²) in [5.41, 5.74) is 2.14. The van der Waals surface area contributed by atoms with Crippen molar-refractivity contribution in [3.63, 3.8) is 0 Å². The molecule has 2 amide bonds. The van der Waals surface area contributed by atoms with Crippen molar-refractivity contribution in [1.82, 2.24) is 10.3 Å². The number of carbonyl (C=O) groups excluding carboxylic acids is 2. The summed E-state index contributed by atoms with van der Waals surface area (Å²) in [6.45, 7) is 4.77. The second-order valence-electron chi connectivity index (χ2n) is 6.34. The van der Waals surface area contributed by atoms with Crippen LogP contribution in [0.15, 0.2) is 47.6 Å². The van der Waals surface area contributed by atoms with Crippen LogP contribution in [-0.4, -0.2) is 22.0 Å². The molecule has 0 spiro atoms. The van der Waals surface area contributed by atoms with E-state index in [0.29, 0.717) is 16.5 Å². The van der Waals surface area contributed by atoms with E-state index in [2.05, 4.69) is 10.4 Å². The zero-order valence-corrected chi connectivity index (χ0v) is 16.5. The lowest BCUT2D eigenvalue weighted by atomic mass is 10.1. The molecule has 28 heavy (non-hydrogen) atoms. The van der Waals surface area contributed by atoms with Crippen LogP contribution in [0.1, 0.15) is 35.9 Å². The monoisotopic (exact) mass is 401 g/mol. The summed E-state index contributed by atoms with van der Waals surface area (Å²) in [5.74, 6) is -0.347. The van der Waals surface area contributed by atoms with Gasteiger partial charge in [0, 0.05) is 25.0 Å². The first-order valence-corrected chi connectivity index (χ1v) is 9.52. The quantitative estimate of drug-likeness (QED) is 0.848. The average Bonchev–Trinajstić information content (AvgIpc) is 3.05. The van der Waals surface area contributed by atoms with Crippen molar-refractivity contribution >= 4 is 28.7 Å². The van der Waals surface area contributed by atoms with Crippen molar-refractivity contribution in [3.8, 4) is 5.75 Å². The van der Waals surface area contributed by atoms with Crippen molar-refractivity contribution in [3.05, 3.63) is 65.0 Å². The number of thioether (sulfide) groups is 1. The van der Waals surface area contributed by atoms with E-state index >= 15 is 0 Å². The molecule has 146 valence electrons. The maximum atomic E-state index is 13.9. The van der Waals surface area contributed by atoms with Crippen LogP contribution in [0.2, 0.25) is 0 Å². The molecular formula is C20H20FN3O3S. The zero-order valence-electron chi connectivity index (χ0n) is 15.7. The number of amidine groups is 1. The summed E-state index contributed by atoms with van der Waals surface area (Å²) >= 11 is 1.25. The third kappa shape index (κ3) is 4.51. The van der Waals surface area contributed by atoms with E-state index < -0.39 is 5.37 Å². The van der Waals surface area contributed by atoms with Crippen molar-refractivity contribution < 1.29 is 18.7 Å². The second kappa shape index (κ2) is 8.43. The van der Waals surface area contributed by atoms with E-state index in [0.717, 1.165) is 11.1 Å². The SMILES string of the molecule is CC(=O)NC1=NN(C(C)=O)C(c2cc(C)ccc2OCc2ccccc2F)S1. The molecule has 0 aliphatic carbocycles. The predicted octanol–water partition coefficient (Wildman–Crippen LogP) is 3.71. The molecule has 0 radical (unpaired) electrons. The van der Waals surface area contributed by atoms with Crippen LogP contribution < -0.4 is 10.1 Å². The van der Waals surface area contributed by atoms with Gasteiger partial charge in [0.05, 0.1) is 0 Å². The largest absolute Gasteiger partial charge is 0.488 e. The molecule has 1 N–H and O–H groups in total. The summed E-state index contributed by atoms with van der Waals surface area (Å²) in [6.07, 6.45) is 0. The first-order chi connectivity index (χ1) is 13.3. The van der Waals surface area contributed by atoms with Crippen LogP contribution in [0.25, 0.3) is 0 Å². The van der Waals surface area contributed by atoms with Crippen molar-refractivity contribution in [2.24, 2.45) is 5.10 Å². The van der Waals surface area contributed by atoms with Crippen molar-refractivity contribution in [2.45, 2.75) is 32.8 Å². The molecule has 8 heteroatoms. The number of ether oxygens (including phenoxy) is 1. The van der Waals surface area contributed by atoms with E-state index in [9.17, 15) is 14.0 Å². The summed E-state index contributed by atoms with van der Waals surface area (Å²) in [7, 11) is 0. The Morgan fingerprint density at radius 2 is 2.00 bits per heavy atom. The Balaban J connectivity index is 1.88. The van der Waals surface area contributed by atoms with Gasteiger partial charge in [-0.25, -0.2) is 9.40 Å². The average molecular weight is 401 g/mol. The molecule has 2 aromatic rings. The molecule has 3 rings (SSSR count). The number of aryl methyl sites for hydroxylation is 1. The molecule has 1 aliphatic rings. The summed E-state index contributed by atoms with van der Waals surface area (Å²) in [5, 5.41) is 7.98. The summed E-state index contributed by atoms with van der Waals surface area (Å²) in [4.78, 5) is 23.4. The van der Waals surface area contributed by atoms with Crippen LogP contribution in [0.5, 0.6) is 5.75 Å². The highest BCUT2D eigenvalue weighted by Crippen LogP contribution is 2.43. The fourth-order valence-corrected chi connectivity index (χ4v) is 3.88. The predicted molar refractivity (Wildman–Crippen MR) is 106 cm³/mol. The van der Waals surface area contributed by atoms with E-state index in [4.69, 9.17) is 4.74 Å². The Hall–Kier alpha value is -2.87. The Labute approximate surface area is 166 Å². The molecule has 6 nitrogen and oxygen atoms in total. The van der Waals surface area contributed by atoms with Crippen LogP contribution in [0.4, 0.5) is 4.39 Å². The lowest BCUT2D eigenvalue weighted by molar-refractivity contribution is -0.129. The van der Waals surface area contributed by atoms with Crippen molar-refractivity contribution in [2.75, 3.05) is 0 Å². The van der Waals surface area contributed by atoms with Gasteiger partial charge < -0.3 is 10.1 Å². The van der Waals surface area contributed by atoms with Gasteiger partial charge in [0.1, 0.15) is 23.5 Å². The molecule has 0 bridgehead atoms. The minimum atomic E-state index is -0.491. The van der Waals surface area contributed by atoms with Gasteiger partial charge in [0.15, 0.2) is 5.17 Å². The lowest BCUT2D eigenvalue weighted by Gasteiger charge is -2.22. The number of benzene rings is 2. The van der Waals surface area contributed by atoms with Gasteiger partial charge in [0.2, 0.25) is 11.8 Å². The van der Waals surface area contributed by atoms with E-state index in [1.54, 1.807) is 24.3 Å². The molecule has 2 aromatic carbocycles. The van der Waals surface area contributed by atoms with Gasteiger partial charge in [-0.1, -0.05) is 41.6 Å². The Morgan fingerprint density at radius 3 is 2.68 bits per heavy atom.